The molecule has 2 aromatic heterocycles. The zero-order chi connectivity index (χ0) is 13.0. The highest BCUT2D eigenvalue weighted by Crippen LogP contribution is 2.11. The van der Waals surface area contributed by atoms with E-state index in [0.717, 1.165) is 16.4 Å². The van der Waals surface area contributed by atoms with Gasteiger partial charge in [0, 0.05) is 30.0 Å². The molecule has 4 nitrogen and oxygen atoms in total. The summed E-state index contributed by atoms with van der Waals surface area (Å²) in [5.74, 6) is 0.0570. The Balaban J connectivity index is 1.93. The van der Waals surface area contributed by atoms with E-state index in [9.17, 15) is 4.79 Å². The fraction of sp³-hybridized carbons (Fsp3) is 0.308. The maximum absolute atomic E-state index is 12.0. The van der Waals surface area contributed by atoms with Crippen LogP contribution in [-0.2, 0) is 17.8 Å². The summed E-state index contributed by atoms with van der Waals surface area (Å²) < 4.78 is 0. The molecular weight excluding hydrogens is 246 g/mol. The van der Waals surface area contributed by atoms with Gasteiger partial charge < -0.3 is 4.90 Å². The third kappa shape index (κ3) is 3.37. The van der Waals surface area contributed by atoms with Gasteiger partial charge in [-0.2, -0.15) is 0 Å². The van der Waals surface area contributed by atoms with Crippen molar-refractivity contribution >= 4 is 17.2 Å². The van der Waals surface area contributed by atoms with E-state index in [1.165, 1.54) is 0 Å². The van der Waals surface area contributed by atoms with E-state index >= 15 is 0 Å². The van der Waals surface area contributed by atoms with E-state index in [1.807, 2.05) is 30.5 Å². The number of hydrogen-bond acceptors (Lipinski definition) is 4. The van der Waals surface area contributed by atoms with Gasteiger partial charge in [0.15, 0.2) is 0 Å². The van der Waals surface area contributed by atoms with Crippen LogP contribution >= 0.6 is 11.3 Å². The van der Waals surface area contributed by atoms with E-state index < -0.39 is 0 Å². The minimum absolute atomic E-state index is 0.0570. The first-order valence-corrected chi connectivity index (χ1v) is 6.58. The molecule has 0 saturated heterocycles. The first-order chi connectivity index (χ1) is 8.65. The van der Waals surface area contributed by atoms with Crippen LogP contribution in [0, 0.1) is 6.92 Å². The summed E-state index contributed by atoms with van der Waals surface area (Å²) in [5.41, 5.74) is 1.80. The van der Waals surface area contributed by atoms with E-state index in [2.05, 4.69) is 9.97 Å². The summed E-state index contributed by atoms with van der Waals surface area (Å²) in [6.45, 7) is 2.51. The van der Waals surface area contributed by atoms with E-state index in [1.54, 1.807) is 29.5 Å². The van der Waals surface area contributed by atoms with Crippen molar-refractivity contribution in [3.8, 4) is 0 Å². The quantitative estimate of drug-likeness (QED) is 0.846. The van der Waals surface area contributed by atoms with Gasteiger partial charge in [0.2, 0.25) is 5.91 Å². The summed E-state index contributed by atoms with van der Waals surface area (Å²) in [7, 11) is 1.79. The Morgan fingerprint density at radius 2 is 2.28 bits per heavy atom. The number of nitrogens with zero attached hydrogens (tertiary/aromatic N) is 3. The Hall–Kier alpha value is -1.75. The van der Waals surface area contributed by atoms with Crippen LogP contribution in [0.25, 0.3) is 0 Å². The van der Waals surface area contributed by atoms with Crippen LogP contribution in [0.1, 0.15) is 16.4 Å². The fourth-order valence-corrected chi connectivity index (χ4v) is 2.38. The van der Waals surface area contributed by atoms with Crippen LogP contribution in [-0.4, -0.2) is 27.8 Å². The number of aryl methyl sites for hydroxylation is 1. The highest BCUT2D eigenvalue weighted by molar-refractivity contribution is 7.09. The predicted molar refractivity (Wildman–Crippen MR) is 71.3 cm³/mol. The fourth-order valence-electron chi connectivity index (χ4n) is 1.56. The van der Waals surface area contributed by atoms with Gasteiger partial charge in [-0.3, -0.25) is 9.78 Å². The van der Waals surface area contributed by atoms with E-state index in [0.29, 0.717) is 13.0 Å². The van der Waals surface area contributed by atoms with Gasteiger partial charge >= 0.3 is 0 Å². The lowest BCUT2D eigenvalue weighted by Gasteiger charge is -2.15. The standard InChI is InChI=1S/C13H15N3OS/c1-10-9-18-12(15-10)8-16(2)13(17)7-11-5-3-4-6-14-11/h3-6,9H,7-8H2,1-2H3. The van der Waals surface area contributed by atoms with Gasteiger partial charge in [-0.05, 0) is 19.1 Å². The maximum atomic E-state index is 12.0. The van der Waals surface area contributed by atoms with Crippen molar-refractivity contribution in [1.29, 1.82) is 0 Å². The number of carbonyl (C=O) groups excluding carboxylic acids is 1. The smallest absolute Gasteiger partial charge is 0.228 e. The first-order valence-electron chi connectivity index (χ1n) is 5.70. The Labute approximate surface area is 110 Å². The number of likely N-dealkylation sites (N-methyl/N-ethyl adjacent to an activating group) is 1. The third-order valence-electron chi connectivity index (χ3n) is 2.52. The largest absolute Gasteiger partial charge is 0.339 e. The van der Waals surface area contributed by atoms with Gasteiger partial charge in [-0.1, -0.05) is 6.07 Å². The molecule has 1 amide bonds. The highest BCUT2D eigenvalue weighted by Gasteiger charge is 2.12. The van der Waals surface area contributed by atoms with Crippen molar-refractivity contribution in [3.63, 3.8) is 0 Å². The number of carbonyl (C=O) groups is 1. The summed E-state index contributed by atoms with van der Waals surface area (Å²) in [5, 5.41) is 2.95. The molecule has 0 bridgehead atoms. The van der Waals surface area contributed by atoms with Gasteiger partial charge in [0.25, 0.3) is 0 Å². The Morgan fingerprint density at radius 3 is 2.89 bits per heavy atom. The molecule has 0 aliphatic carbocycles. The van der Waals surface area contributed by atoms with Gasteiger partial charge in [0.1, 0.15) is 5.01 Å². The van der Waals surface area contributed by atoms with Crippen molar-refractivity contribution in [2.75, 3.05) is 7.05 Å². The van der Waals surface area contributed by atoms with Crippen LogP contribution < -0.4 is 0 Å². The van der Waals surface area contributed by atoms with Crippen LogP contribution in [0.2, 0.25) is 0 Å². The number of aromatic nitrogens is 2. The molecule has 5 heteroatoms. The zero-order valence-corrected chi connectivity index (χ0v) is 11.3. The Kier molecular flexibility index (Phi) is 4.04. The predicted octanol–water partition coefficient (Wildman–Crippen LogP) is 2.05. The SMILES string of the molecule is Cc1csc(CN(C)C(=O)Cc2ccccn2)n1. The summed E-state index contributed by atoms with van der Waals surface area (Å²) in [6.07, 6.45) is 2.04. The lowest BCUT2D eigenvalue weighted by Crippen LogP contribution is -2.27. The number of amides is 1. The normalized spacial score (nSPS) is 10.3. The van der Waals surface area contributed by atoms with E-state index in [4.69, 9.17) is 0 Å². The van der Waals surface area contributed by atoms with Crippen LogP contribution in [0.3, 0.4) is 0 Å². The molecule has 18 heavy (non-hydrogen) atoms. The lowest BCUT2D eigenvalue weighted by molar-refractivity contribution is -0.129. The molecule has 0 fully saturated rings. The Bertz CT molecular complexity index is 524. The third-order valence-corrected chi connectivity index (χ3v) is 3.47. The second-order valence-corrected chi connectivity index (χ2v) is 5.07. The molecule has 0 aromatic carbocycles. The molecule has 2 heterocycles. The maximum Gasteiger partial charge on any atom is 0.228 e. The molecule has 0 atom stereocenters. The van der Waals surface area contributed by atoms with Gasteiger partial charge in [0.05, 0.1) is 13.0 Å². The minimum atomic E-state index is 0.0570. The van der Waals surface area contributed by atoms with Crippen molar-refractivity contribution in [3.05, 3.63) is 46.2 Å². The average molecular weight is 261 g/mol. The van der Waals surface area contributed by atoms with E-state index in [-0.39, 0.29) is 5.91 Å². The molecule has 0 radical (unpaired) electrons. The summed E-state index contributed by atoms with van der Waals surface area (Å²) in [6, 6.07) is 5.59. The number of rotatable bonds is 4. The molecule has 0 aliphatic heterocycles. The number of thiazole rings is 1. The second kappa shape index (κ2) is 5.73. The molecule has 0 spiro atoms. The molecule has 2 aromatic rings. The molecule has 94 valence electrons. The van der Waals surface area contributed by atoms with Crippen molar-refractivity contribution in [1.82, 2.24) is 14.9 Å². The summed E-state index contributed by atoms with van der Waals surface area (Å²) in [4.78, 5) is 22.2. The molecule has 0 unspecified atom stereocenters. The first kappa shape index (κ1) is 12.7. The van der Waals surface area contributed by atoms with Gasteiger partial charge in [-0.15, -0.1) is 11.3 Å². The zero-order valence-electron chi connectivity index (χ0n) is 10.5. The minimum Gasteiger partial charge on any atom is -0.339 e. The molecule has 2 rings (SSSR count). The molecular formula is C13H15N3OS. The van der Waals surface area contributed by atoms with Crippen LogP contribution in [0.5, 0.6) is 0 Å². The van der Waals surface area contributed by atoms with Crippen molar-refractivity contribution in [2.24, 2.45) is 0 Å². The van der Waals surface area contributed by atoms with Crippen LogP contribution in [0.4, 0.5) is 0 Å². The summed E-state index contributed by atoms with van der Waals surface area (Å²) >= 11 is 1.58. The number of hydrogen-bond donors (Lipinski definition) is 0. The monoisotopic (exact) mass is 261 g/mol. The van der Waals surface area contributed by atoms with Crippen molar-refractivity contribution < 1.29 is 4.79 Å². The number of pyridine rings is 1. The van der Waals surface area contributed by atoms with Crippen molar-refractivity contribution in [2.45, 2.75) is 19.9 Å². The molecule has 0 saturated carbocycles. The average Bonchev–Trinajstić information content (AvgIpc) is 2.76. The second-order valence-electron chi connectivity index (χ2n) is 4.13. The molecule has 0 aliphatic rings. The molecule has 0 N–H and O–H groups in total. The highest BCUT2D eigenvalue weighted by atomic mass is 32.1. The van der Waals surface area contributed by atoms with Crippen LogP contribution in [0.15, 0.2) is 29.8 Å². The lowest BCUT2D eigenvalue weighted by atomic mass is 10.2. The topological polar surface area (TPSA) is 46.1 Å². The van der Waals surface area contributed by atoms with Gasteiger partial charge in [-0.25, -0.2) is 4.98 Å². The Morgan fingerprint density at radius 1 is 1.44 bits per heavy atom.